The number of ether oxygens (including phenoxy) is 1. The van der Waals surface area contributed by atoms with E-state index in [1.807, 2.05) is 25.7 Å². The molecule has 3 atom stereocenters. The van der Waals surface area contributed by atoms with Crippen LogP contribution in [0.1, 0.15) is 86.0 Å². The van der Waals surface area contributed by atoms with Crippen LogP contribution in [0, 0.1) is 5.92 Å². The summed E-state index contributed by atoms with van der Waals surface area (Å²) in [5, 5.41) is 2.83. The average Bonchev–Trinajstić information content (AvgIpc) is 2.68. The molecule has 2 fully saturated rings. The van der Waals surface area contributed by atoms with Crippen LogP contribution in [0.2, 0.25) is 0 Å². The second-order valence-electron chi connectivity index (χ2n) is 7.51. The second-order valence-corrected chi connectivity index (χ2v) is 7.51. The van der Waals surface area contributed by atoms with E-state index in [0.29, 0.717) is 5.92 Å². The molecule has 0 aromatic rings. The second kappa shape index (κ2) is 12.3. The van der Waals surface area contributed by atoms with Gasteiger partial charge in [-0.15, -0.1) is 0 Å². The fraction of sp³-hybridized carbons (Fsp3) is 0.905. The quantitative estimate of drug-likeness (QED) is 0.773. The van der Waals surface area contributed by atoms with Gasteiger partial charge in [0.2, 0.25) is 11.8 Å². The van der Waals surface area contributed by atoms with E-state index in [2.05, 4.69) is 12.2 Å². The zero-order valence-electron chi connectivity index (χ0n) is 17.6. The molecule has 5 nitrogen and oxygen atoms in total. The predicted octanol–water partition coefficient (Wildman–Crippen LogP) is 3.90. The Labute approximate surface area is 160 Å². The van der Waals surface area contributed by atoms with Crippen molar-refractivity contribution in [3.05, 3.63) is 0 Å². The fourth-order valence-electron chi connectivity index (χ4n) is 4.04. The van der Waals surface area contributed by atoms with Gasteiger partial charge in [0.1, 0.15) is 6.04 Å². The highest BCUT2D eigenvalue weighted by molar-refractivity contribution is 5.87. The summed E-state index contributed by atoms with van der Waals surface area (Å²) in [5.74, 6) is 0.406. The van der Waals surface area contributed by atoms with Crippen LogP contribution in [-0.2, 0) is 14.3 Å². The molecule has 5 heteroatoms. The highest BCUT2D eigenvalue weighted by Gasteiger charge is 2.33. The Balaban J connectivity index is 0.00000163. The maximum Gasteiger partial charge on any atom is 0.247 e. The van der Waals surface area contributed by atoms with Crippen LogP contribution in [-0.4, -0.2) is 48.1 Å². The van der Waals surface area contributed by atoms with E-state index in [1.54, 1.807) is 0 Å². The van der Waals surface area contributed by atoms with Crippen LogP contribution in [0.25, 0.3) is 0 Å². The first kappa shape index (κ1) is 22.9. The van der Waals surface area contributed by atoms with Gasteiger partial charge in [0, 0.05) is 20.0 Å². The summed E-state index contributed by atoms with van der Waals surface area (Å²) in [6, 6.07) is -0.577. The molecule has 152 valence electrons. The molecule has 2 amide bonds. The number of carbonyl (C=O) groups is 2. The summed E-state index contributed by atoms with van der Waals surface area (Å²) in [6.45, 7) is 11.1. The maximum atomic E-state index is 12.9. The van der Waals surface area contributed by atoms with Crippen molar-refractivity contribution in [2.24, 2.45) is 5.92 Å². The fourth-order valence-corrected chi connectivity index (χ4v) is 4.04. The van der Waals surface area contributed by atoms with E-state index in [0.717, 1.165) is 25.9 Å². The third-order valence-corrected chi connectivity index (χ3v) is 5.50. The van der Waals surface area contributed by atoms with Gasteiger partial charge in [-0.2, -0.15) is 0 Å². The lowest BCUT2D eigenvalue weighted by atomic mass is 9.86. The van der Waals surface area contributed by atoms with Crippen LogP contribution in [0.4, 0.5) is 0 Å². The summed E-state index contributed by atoms with van der Waals surface area (Å²) in [5.41, 5.74) is 0. The van der Waals surface area contributed by atoms with Crippen molar-refractivity contribution in [1.82, 2.24) is 10.2 Å². The molecule has 0 radical (unpaired) electrons. The first-order chi connectivity index (χ1) is 12.5. The van der Waals surface area contributed by atoms with E-state index < -0.39 is 6.04 Å². The van der Waals surface area contributed by atoms with E-state index >= 15 is 0 Å². The molecule has 0 aromatic heterocycles. The Kier molecular flexibility index (Phi) is 10.9. The highest BCUT2D eigenvalue weighted by atomic mass is 16.5. The Morgan fingerprint density at radius 2 is 1.50 bits per heavy atom. The topological polar surface area (TPSA) is 58.6 Å². The van der Waals surface area contributed by atoms with Crippen molar-refractivity contribution in [3.63, 3.8) is 0 Å². The van der Waals surface area contributed by atoms with Crippen molar-refractivity contribution < 1.29 is 14.3 Å². The molecule has 1 aliphatic heterocycles. The van der Waals surface area contributed by atoms with Crippen molar-refractivity contribution in [2.45, 2.75) is 104 Å². The van der Waals surface area contributed by atoms with E-state index in [9.17, 15) is 9.59 Å². The molecule has 1 N–H and O–H groups in total. The standard InChI is InChI=1S/C19H34N2O3.C2H6/c1-14(17-10-6-4-7-11-17)24-15(2)18(20-16(3)22)19(23)21-12-8-5-9-13-21;1-2/h14-15,17-18H,4-13H2,1-3H3,(H,20,22);1-2H3. The Morgan fingerprint density at radius 3 is 2.04 bits per heavy atom. The van der Waals surface area contributed by atoms with Crippen LogP contribution < -0.4 is 5.32 Å². The van der Waals surface area contributed by atoms with Crippen LogP contribution in [0.5, 0.6) is 0 Å². The van der Waals surface area contributed by atoms with Crippen LogP contribution in [0.15, 0.2) is 0 Å². The van der Waals surface area contributed by atoms with Gasteiger partial charge in [-0.1, -0.05) is 33.1 Å². The number of nitrogens with one attached hydrogen (secondary N) is 1. The smallest absolute Gasteiger partial charge is 0.247 e. The highest BCUT2D eigenvalue weighted by Crippen LogP contribution is 2.28. The minimum atomic E-state index is -0.577. The lowest BCUT2D eigenvalue weighted by Gasteiger charge is -2.35. The summed E-state index contributed by atoms with van der Waals surface area (Å²) in [7, 11) is 0. The number of amides is 2. The van der Waals surface area contributed by atoms with Gasteiger partial charge in [-0.3, -0.25) is 9.59 Å². The molecule has 1 aliphatic carbocycles. The molecular weight excluding hydrogens is 328 g/mol. The van der Waals surface area contributed by atoms with Gasteiger partial charge in [0.05, 0.1) is 12.2 Å². The van der Waals surface area contributed by atoms with Crippen molar-refractivity contribution in [2.75, 3.05) is 13.1 Å². The molecule has 1 saturated heterocycles. The lowest BCUT2D eigenvalue weighted by Crippen LogP contribution is -2.55. The Morgan fingerprint density at radius 1 is 0.962 bits per heavy atom. The zero-order valence-corrected chi connectivity index (χ0v) is 17.6. The molecule has 1 heterocycles. The average molecular weight is 369 g/mol. The number of carbonyl (C=O) groups excluding carboxylic acids is 2. The van der Waals surface area contributed by atoms with Crippen LogP contribution >= 0.6 is 0 Å². The largest absolute Gasteiger partial charge is 0.373 e. The molecular formula is C21H40N2O3. The number of hydrogen-bond acceptors (Lipinski definition) is 3. The van der Waals surface area contributed by atoms with Gasteiger partial charge in [0.15, 0.2) is 0 Å². The van der Waals surface area contributed by atoms with Gasteiger partial charge in [-0.05, 0) is 51.9 Å². The van der Waals surface area contributed by atoms with Gasteiger partial charge >= 0.3 is 0 Å². The molecule has 3 unspecified atom stereocenters. The molecule has 0 aromatic carbocycles. The predicted molar refractivity (Wildman–Crippen MR) is 106 cm³/mol. The van der Waals surface area contributed by atoms with Gasteiger partial charge < -0.3 is 15.0 Å². The van der Waals surface area contributed by atoms with Crippen molar-refractivity contribution >= 4 is 11.8 Å². The Bertz CT molecular complexity index is 415. The SMILES string of the molecule is CC.CC(=O)NC(C(=O)N1CCCCC1)C(C)OC(C)C1CCCCC1. The summed E-state index contributed by atoms with van der Waals surface area (Å²) >= 11 is 0. The maximum absolute atomic E-state index is 12.9. The molecule has 26 heavy (non-hydrogen) atoms. The van der Waals surface area contributed by atoms with Crippen molar-refractivity contribution in [1.29, 1.82) is 0 Å². The third kappa shape index (κ3) is 7.26. The van der Waals surface area contributed by atoms with E-state index in [4.69, 9.17) is 4.74 Å². The first-order valence-corrected chi connectivity index (χ1v) is 10.7. The number of nitrogens with zero attached hydrogens (tertiary/aromatic N) is 1. The molecule has 1 saturated carbocycles. The third-order valence-electron chi connectivity index (χ3n) is 5.50. The zero-order chi connectivity index (χ0) is 19.5. The van der Waals surface area contributed by atoms with E-state index in [1.165, 1.54) is 45.4 Å². The number of rotatable bonds is 6. The number of likely N-dealkylation sites (tertiary alicyclic amines) is 1. The molecule has 0 bridgehead atoms. The van der Waals surface area contributed by atoms with E-state index in [-0.39, 0.29) is 24.0 Å². The first-order valence-electron chi connectivity index (χ1n) is 10.7. The lowest BCUT2D eigenvalue weighted by molar-refractivity contribution is -0.143. The number of piperidine rings is 1. The van der Waals surface area contributed by atoms with Gasteiger partial charge in [0.25, 0.3) is 0 Å². The minimum Gasteiger partial charge on any atom is -0.373 e. The Hall–Kier alpha value is -1.10. The number of hydrogen-bond donors (Lipinski definition) is 1. The molecule has 0 spiro atoms. The normalized spacial score (nSPS) is 21.8. The summed E-state index contributed by atoms with van der Waals surface area (Å²) in [4.78, 5) is 26.3. The molecule has 2 rings (SSSR count). The van der Waals surface area contributed by atoms with Gasteiger partial charge in [-0.25, -0.2) is 0 Å². The summed E-state index contributed by atoms with van der Waals surface area (Å²) in [6.07, 6.45) is 9.38. The minimum absolute atomic E-state index is 0.00763. The molecule has 2 aliphatic rings. The monoisotopic (exact) mass is 368 g/mol. The summed E-state index contributed by atoms with van der Waals surface area (Å²) < 4.78 is 6.20. The van der Waals surface area contributed by atoms with Crippen LogP contribution in [0.3, 0.4) is 0 Å². The van der Waals surface area contributed by atoms with Crippen molar-refractivity contribution in [3.8, 4) is 0 Å².